The fourth-order valence-electron chi connectivity index (χ4n) is 2.81. The summed E-state index contributed by atoms with van der Waals surface area (Å²) in [6.45, 7) is 3.68. The third-order valence-electron chi connectivity index (χ3n) is 4.18. The fourth-order valence-corrected chi connectivity index (χ4v) is 2.81. The van der Waals surface area contributed by atoms with Gasteiger partial charge in [0.25, 0.3) is 0 Å². The molecule has 3 aromatic rings. The van der Waals surface area contributed by atoms with Crippen LogP contribution in [0.2, 0.25) is 0 Å². The van der Waals surface area contributed by atoms with Crippen LogP contribution >= 0.6 is 0 Å². The molecule has 0 atom stereocenters. The molecule has 0 aliphatic heterocycles. The lowest BCUT2D eigenvalue weighted by molar-refractivity contribution is -0.116. The van der Waals surface area contributed by atoms with Gasteiger partial charge in [-0.3, -0.25) is 4.79 Å². The van der Waals surface area contributed by atoms with Gasteiger partial charge in [-0.25, -0.2) is 0 Å². The molecule has 3 rings (SSSR count). The maximum absolute atomic E-state index is 12.3. The largest absolute Gasteiger partial charge is 0.424 e. The van der Waals surface area contributed by atoms with Gasteiger partial charge in [0.05, 0.1) is 17.1 Å². The van der Waals surface area contributed by atoms with Crippen LogP contribution in [0.15, 0.2) is 60.7 Å². The average Bonchev–Trinajstić information content (AvgIpc) is 2.66. The van der Waals surface area contributed by atoms with Gasteiger partial charge < -0.3 is 10.1 Å². The van der Waals surface area contributed by atoms with Crippen molar-refractivity contribution in [3.63, 3.8) is 0 Å². The van der Waals surface area contributed by atoms with Crippen LogP contribution in [-0.4, -0.2) is 15.9 Å². The summed E-state index contributed by atoms with van der Waals surface area (Å²) in [4.78, 5) is 21.0. The Labute approximate surface area is 159 Å². The fraction of sp³-hybridized carbons (Fsp3) is 0.227. The molecular weight excluding hydrogens is 338 g/mol. The Morgan fingerprint density at radius 3 is 2.15 bits per heavy atom. The second-order valence-corrected chi connectivity index (χ2v) is 6.35. The number of aryl methyl sites for hydroxylation is 3. The first kappa shape index (κ1) is 18.6. The van der Waals surface area contributed by atoms with Crippen LogP contribution in [0.5, 0.6) is 11.8 Å². The molecule has 0 aliphatic carbocycles. The predicted molar refractivity (Wildman–Crippen MR) is 106 cm³/mol. The predicted octanol–water partition coefficient (Wildman–Crippen LogP) is 4.85. The van der Waals surface area contributed by atoms with E-state index in [-0.39, 0.29) is 11.9 Å². The lowest BCUT2D eigenvalue weighted by atomic mass is 10.1. The van der Waals surface area contributed by atoms with Gasteiger partial charge in [-0.1, -0.05) is 48.5 Å². The highest BCUT2D eigenvalue weighted by Crippen LogP contribution is 2.23. The van der Waals surface area contributed by atoms with Gasteiger partial charge in [-0.2, -0.15) is 9.97 Å². The number of hydrogen-bond acceptors (Lipinski definition) is 4. The Morgan fingerprint density at radius 1 is 0.926 bits per heavy atom. The summed E-state index contributed by atoms with van der Waals surface area (Å²) in [7, 11) is 0. The number of ether oxygens (including phenoxy) is 1. The van der Waals surface area contributed by atoms with E-state index in [1.807, 2.05) is 62.4 Å². The number of benzene rings is 2. The molecule has 1 heterocycles. The smallest absolute Gasteiger partial charge is 0.322 e. The highest BCUT2D eigenvalue weighted by atomic mass is 16.5. The van der Waals surface area contributed by atoms with Crippen molar-refractivity contribution in [3.05, 3.63) is 77.6 Å². The van der Waals surface area contributed by atoms with Crippen molar-refractivity contribution >= 4 is 11.6 Å². The molecule has 1 aromatic heterocycles. The first-order valence-corrected chi connectivity index (χ1v) is 9.04. The molecule has 0 radical (unpaired) electrons. The highest BCUT2D eigenvalue weighted by molar-refractivity contribution is 5.91. The standard InChI is InChI=1S/C22H23N3O2/c1-16-21(25-20(26)15-9-12-18-10-5-3-6-11-18)17(2)24-22(23-16)27-19-13-7-4-8-14-19/h3-8,10-11,13-14H,9,12,15H2,1-2H3,(H,25,26). The average molecular weight is 361 g/mol. The topological polar surface area (TPSA) is 64.1 Å². The molecule has 1 amide bonds. The number of nitrogens with zero attached hydrogens (tertiary/aromatic N) is 2. The number of anilines is 1. The first-order valence-electron chi connectivity index (χ1n) is 9.04. The third kappa shape index (κ3) is 5.38. The maximum Gasteiger partial charge on any atom is 0.322 e. The lowest BCUT2D eigenvalue weighted by Crippen LogP contribution is -2.15. The van der Waals surface area contributed by atoms with Crippen molar-refractivity contribution in [1.29, 1.82) is 0 Å². The zero-order valence-corrected chi connectivity index (χ0v) is 15.6. The molecule has 0 fully saturated rings. The number of amides is 1. The molecule has 2 aromatic carbocycles. The molecule has 0 aliphatic rings. The zero-order chi connectivity index (χ0) is 19.1. The minimum atomic E-state index is -0.0301. The number of rotatable bonds is 7. The van der Waals surface area contributed by atoms with Gasteiger partial charge in [-0.15, -0.1) is 0 Å². The van der Waals surface area contributed by atoms with Gasteiger partial charge in [0, 0.05) is 6.42 Å². The molecule has 0 saturated heterocycles. The van der Waals surface area contributed by atoms with Gasteiger partial charge in [-0.05, 0) is 44.4 Å². The molecule has 5 nitrogen and oxygen atoms in total. The minimum Gasteiger partial charge on any atom is -0.424 e. The second kappa shape index (κ2) is 8.94. The third-order valence-corrected chi connectivity index (χ3v) is 4.18. The number of nitrogens with one attached hydrogen (secondary N) is 1. The lowest BCUT2D eigenvalue weighted by Gasteiger charge is -2.12. The molecule has 27 heavy (non-hydrogen) atoms. The van der Waals surface area contributed by atoms with E-state index in [0.29, 0.717) is 29.2 Å². The quantitative estimate of drug-likeness (QED) is 0.653. The van der Waals surface area contributed by atoms with E-state index in [9.17, 15) is 4.79 Å². The summed E-state index contributed by atoms with van der Waals surface area (Å²) in [6.07, 6.45) is 2.13. The normalized spacial score (nSPS) is 10.4. The van der Waals surface area contributed by atoms with Crippen molar-refractivity contribution in [2.45, 2.75) is 33.1 Å². The summed E-state index contributed by atoms with van der Waals surface area (Å²) >= 11 is 0. The molecular formula is C22H23N3O2. The van der Waals surface area contributed by atoms with Crippen molar-refractivity contribution in [3.8, 4) is 11.8 Å². The Balaban J connectivity index is 1.58. The minimum absolute atomic E-state index is 0.0301. The van der Waals surface area contributed by atoms with E-state index >= 15 is 0 Å². The molecule has 5 heteroatoms. The van der Waals surface area contributed by atoms with Crippen LogP contribution in [0.1, 0.15) is 29.8 Å². The zero-order valence-electron chi connectivity index (χ0n) is 15.6. The van der Waals surface area contributed by atoms with Gasteiger partial charge in [0.15, 0.2) is 0 Å². The number of hydrogen-bond donors (Lipinski definition) is 1. The Morgan fingerprint density at radius 2 is 1.52 bits per heavy atom. The van der Waals surface area contributed by atoms with Crippen LogP contribution in [0.3, 0.4) is 0 Å². The van der Waals surface area contributed by atoms with Gasteiger partial charge in [0.1, 0.15) is 5.75 Å². The van der Waals surface area contributed by atoms with Crippen LogP contribution < -0.4 is 10.1 Å². The molecule has 0 spiro atoms. The molecule has 1 N–H and O–H groups in total. The number of carbonyl (C=O) groups excluding carboxylic acids is 1. The number of aromatic nitrogens is 2. The summed E-state index contributed by atoms with van der Waals surface area (Å²) in [5.41, 5.74) is 3.26. The van der Waals surface area contributed by atoms with Gasteiger partial charge in [0.2, 0.25) is 5.91 Å². The summed E-state index contributed by atoms with van der Waals surface area (Å²) < 4.78 is 5.68. The van der Waals surface area contributed by atoms with E-state index < -0.39 is 0 Å². The van der Waals surface area contributed by atoms with E-state index in [2.05, 4.69) is 27.4 Å². The monoisotopic (exact) mass is 361 g/mol. The Bertz CT molecular complexity index is 873. The van der Waals surface area contributed by atoms with Crippen LogP contribution in [0.25, 0.3) is 0 Å². The Hall–Kier alpha value is -3.21. The second-order valence-electron chi connectivity index (χ2n) is 6.35. The molecule has 0 saturated carbocycles. The SMILES string of the molecule is Cc1nc(Oc2ccccc2)nc(C)c1NC(=O)CCCc1ccccc1. The molecule has 0 unspecified atom stereocenters. The van der Waals surface area contributed by atoms with Crippen molar-refractivity contribution in [2.75, 3.05) is 5.32 Å². The van der Waals surface area contributed by atoms with E-state index in [4.69, 9.17) is 4.74 Å². The summed E-state index contributed by atoms with van der Waals surface area (Å²) in [5.74, 6) is 0.645. The van der Waals surface area contributed by atoms with Crippen LogP contribution in [0.4, 0.5) is 5.69 Å². The maximum atomic E-state index is 12.3. The first-order chi connectivity index (χ1) is 13.1. The van der Waals surface area contributed by atoms with Crippen molar-refractivity contribution in [1.82, 2.24) is 9.97 Å². The number of carbonyl (C=O) groups is 1. The van der Waals surface area contributed by atoms with E-state index in [1.54, 1.807) is 0 Å². The molecule has 138 valence electrons. The number of para-hydroxylation sites is 1. The molecule has 0 bridgehead atoms. The van der Waals surface area contributed by atoms with Gasteiger partial charge >= 0.3 is 6.01 Å². The van der Waals surface area contributed by atoms with E-state index in [1.165, 1.54) is 5.56 Å². The van der Waals surface area contributed by atoms with Crippen molar-refractivity contribution in [2.24, 2.45) is 0 Å². The van der Waals surface area contributed by atoms with Crippen LogP contribution in [0, 0.1) is 13.8 Å². The van der Waals surface area contributed by atoms with Crippen molar-refractivity contribution < 1.29 is 9.53 Å². The summed E-state index contributed by atoms with van der Waals surface area (Å²) in [6, 6.07) is 19.8. The summed E-state index contributed by atoms with van der Waals surface area (Å²) in [5, 5.41) is 2.94. The Kier molecular flexibility index (Phi) is 6.15. The van der Waals surface area contributed by atoms with E-state index in [0.717, 1.165) is 12.8 Å². The van der Waals surface area contributed by atoms with Crippen LogP contribution in [-0.2, 0) is 11.2 Å². The highest BCUT2D eigenvalue weighted by Gasteiger charge is 2.13.